The summed E-state index contributed by atoms with van der Waals surface area (Å²) in [4.78, 5) is 40.0. The molecule has 0 aliphatic heterocycles. The third kappa shape index (κ3) is 53.6. The van der Waals surface area contributed by atoms with E-state index >= 15 is 0 Å². The Labute approximate surface area is 448 Å². The van der Waals surface area contributed by atoms with Gasteiger partial charge in [-0.15, -0.1) is 0 Å². The van der Waals surface area contributed by atoms with Crippen molar-refractivity contribution in [1.29, 1.82) is 0 Å². The Bertz CT molecular complexity index is 1240. The van der Waals surface area contributed by atoms with Crippen LogP contribution in [-0.2, 0) is 27.9 Å². The van der Waals surface area contributed by atoms with Gasteiger partial charge in [0.25, 0.3) is 7.82 Å². The fraction of sp³-hybridized carbons (Fsp3) is 0.935. The SMILES string of the molecule is CCCCCCCCCCCCC/C=C/C(OC(=O)CCCCCCCCCCCCCCCCCCC)C(COP(=O)([O-])OCC[N+](C)(C)C)NC(=O)CCCCCCCCCCCCCCCCCC. The van der Waals surface area contributed by atoms with Gasteiger partial charge in [-0.05, 0) is 31.8 Å². The van der Waals surface area contributed by atoms with Crippen molar-refractivity contribution in [2.75, 3.05) is 40.9 Å². The second-order valence-corrected chi connectivity index (χ2v) is 24.3. The third-order valence-corrected chi connectivity index (χ3v) is 15.4. The number of hydrogen-bond donors (Lipinski definition) is 1. The lowest BCUT2D eigenvalue weighted by Gasteiger charge is -2.30. The number of ether oxygens (including phenoxy) is 1. The van der Waals surface area contributed by atoms with Crippen molar-refractivity contribution in [3.05, 3.63) is 12.2 Å². The number of phosphoric ester groups is 1. The number of esters is 1. The van der Waals surface area contributed by atoms with E-state index in [1.807, 2.05) is 33.3 Å². The molecule has 0 rings (SSSR count). The molecule has 0 radical (unpaired) electrons. The minimum Gasteiger partial charge on any atom is -0.756 e. The molecule has 1 N–H and O–H groups in total. The number of quaternary nitrogens is 1. The van der Waals surface area contributed by atoms with Crippen molar-refractivity contribution < 1.29 is 37.3 Å². The van der Waals surface area contributed by atoms with Crippen molar-refractivity contribution in [3.8, 4) is 0 Å². The first-order valence-electron chi connectivity index (χ1n) is 31.5. The van der Waals surface area contributed by atoms with Gasteiger partial charge in [0.15, 0.2) is 0 Å². The van der Waals surface area contributed by atoms with E-state index in [1.54, 1.807) is 0 Å². The number of unbranched alkanes of at least 4 members (excludes halogenated alkanes) is 42. The molecule has 0 saturated carbocycles. The van der Waals surface area contributed by atoms with Gasteiger partial charge in [-0.1, -0.05) is 290 Å². The lowest BCUT2D eigenvalue weighted by molar-refractivity contribution is -0.870. The average molecular weight is 1040 g/mol. The Morgan fingerprint density at radius 1 is 0.472 bits per heavy atom. The number of rotatable bonds is 58. The highest BCUT2D eigenvalue weighted by Gasteiger charge is 2.27. The van der Waals surface area contributed by atoms with E-state index in [0.29, 0.717) is 17.4 Å². The van der Waals surface area contributed by atoms with Gasteiger partial charge in [0.2, 0.25) is 5.91 Å². The summed E-state index contributed by atoms with van der Waals surface area (Å²) in [6, 6.07) is -0.879. The Kier molecular flexibility index (Phi) is 52.2. The molecule has 9 nitrogen and oxygen atoms in total. The molecule has 428 valence electrons. The second-order valence-electron chi connectivity index (χ2n) is 22.9. The molecule has 0 aliphatic carbocycles. The third-order valence-electron chi connectivity index (χ3n) is 14.5. The van der Waals surface area contributed by atoms with Gasteiger partial charge < -0.3 is 28.5 Å². The largest absolute Gasteiger partial charge is 0.756 e. The fourth-order valence-corrected chi connectivity index (χ4v) is 10.3. The van der Waals surface area contributed by atoms with E-state index < -0.39 is 20.0 Å². The molecule has 0 spiro atoms. The van der Waals surface area contributed by atoms with E-state index in [2.05, 4.69) is 26.1 Å². The summed E-state index contributed by atoms with van der Waals surface area (Å²) in [6.07, 6.45) is 60.2. The summed E-state index contributed by atoms with van der Waals surface area (Å²) < 4.78 is 30.3. The highest BCUT2D eigenvalue weighted by atomic mass is 31.2. The average Bonchev–Trinajstić information content (AvgIpc) is 3.34. The summed E-state index contributed by atoms with van der Waals surface area (Å²) in [5.74, 6) is -0.518. The number of amides is 1. The van der Waals surface area contributed by atoms with Crippen LogP contribution in [-0.4, -0.2) is 69.4 Å². The van der Waals surface area contributed by atoms with Crippen molar-refractivity contribution in [3.63, 3.8) is 0 Å². The Balaban J connectivity index is 5.24. The first-order chi connectivity index (χ1) is 34.9. The number of nitrogens with one attached hydrogen (secondary N) is 1. The van der Waals surface area contributed by atoms with Crippen LogP contribution in [0.4, 0.5) is 0 Å². The van der Waals surface area contributed by atoms with Crippen LogP contribution in [0.3, 0.4) is 0 Å². The van der Waals surface area contributed by atoms with Gasteiger partial charge in [-0.3, -0.25) is 14.2 Å². The molecule has 3 unspecified atom stereocenters. The molecule has 0 aromatic carbocycles. The molecule has 0 aromatic heterocycles. The van der Waals surface area contributed by atoms with E-state index in [-0.39, 0.29) is 31.5 Å². The number of nitrogens with zero attached hydrogens (tertiary/aromatic N) is 1. The monoisotopic (exact) mass is 1040 g/mol. The normalized spacial score (nSPS) is 13.7. The second kappa shape index (κ2) is 53.2. The zero-order valence-corrected chi connectivity index (χ0v) is 49.8. The van der Waals surface area contributed by atoms with Crippen LogP contribution in [0, 0.1) is 0 Å². The smallest absolute Gasteiger partial charge is 0.306 e. The summed E-state index contributed by atoms with van der Waals surface area (Å²) in [5, 5.41) is 3.04. The van der Waals surface area contributed by atoms with Crippen LogP contribution in [0.25, 0.3) is 0 Å². The van der Waals surface area contributed by atoms with Crippen molar-refractivity contribution in [2.24, 2.45) is 0 Å². The van der Waals surface area contributed by atoms with Crippen molar-refractivity contribution >= 4 is 19.7 Å². The molecular formula is C62H123N2O7P. The van der Waals surface area contributed by atoms with E-state index in [0.717, 1.165) is 57.8 Å². The standard InChI is InChI=1S/C62H123N2O7P/c1-7-10-13-16-19-22-25-28-30-32-34-37-40-43-46-49-52-55-62(66)71-60(53-50-47-44-41-38-35-27-24-21-18-15-12-9-3)59(58-70-72(67,68)69-57-56-64(4,5)6)63-61(65)54-51-48-45-42-39-36-33-31-29-26-23-20-17-14-11-8-2/h50,53,59-60H,7-49,51-52,54-58H2,1-6H3,(H-,63,65,67,68)/b53-50+. The molecular weight excluding hydrogens is 916 g/mol. The van der Waals surface area contributed by atoms with Crippen LogP contribution in [0.2, 0.25) is 0 Å². The van der Waals surface area contributed by atoms with Crippen LogP contribution >= 0.6 is 7.82 Å². The number of carbonyl (C=O) groups excluding carboxylic acids is 2. The topological polar surface area (TPSA) is 114 Å². The number of phosphoric acid groups is 1. The van der Waals surface area contributed by atoms with Crippen molar-refractivity contribution in [1.82, 2.24) is 5.32 Å². The van der Waals surface area contributed by atoms with E-state index in [9.17, 15) is 19.0 Å². The maximum Gasteiger partial charge on any atom is 0.306 e. The quantitative estimate of drug-likeness (QED) is 0.0212. The van der Waals surface area contributed by atoms with E-state index in [1.165, 1.54) is 231 Å². The summed E-state index contributed by atoms with van der Waals surface area (Å²) in [6.45, 7) is 6.90. The minimum atomic E-state index is -4.69. The van der Waals surface area contributed by atoms with Gasteiger partial charge in [0.1, 0.15) is 19.3 Å². The number of carbonyl (C=O) groups is 2. The van der Waals surface area contributed by atoms with Gasteiger partial charge in [0, 0.05) is 12.8 Å². The van der Waals surface area contributed by atoms with Crippen LogP contribution in [0.1, 0.15) is 323 Å². The first-order valence-corrected chi connectivity index (χ1v) is 33.0. The summed E-state index contributed by atoms with van der Waals surface area (Å²) in [5.41, 5.74) is 0. The molecule has 3 atom stereocenters. The van der Waals surface area contributed by atoms with Crippen LogP contribution in [0.5, 0.6) is 0 Å². The Hall–Kier alpha value is -1.25. The summed E-state index contributed by atoms with van der Waals surface area (Å²) in [7, 11) is 1.21. The van der Waals surface area contributed by atoms with Gasteiger partial charge in [-0.25, -0.2) is 0 Å². The highest BCUT2D eigenvalue weighted by Crippen LogP contribution is 2.38. The molecule has 1 amide bonds. The van der Waals surface area contributed by atoms with Crippen molar-refractivity contribution in [2.45, 2.75) is 335 Å². The first kappa shape index (κ1) is 70.8. The molecule has 0 fully saturated rings. The lowest BCUT2D eigenvalue weighted by Crippen LogP contribution is -2.47. The van der Waals surface area contributed by atoms with Gasteiger partial charge in [-0.2, -0.15) is 0 Å². The minimum absolute atomic E-state index is 0.0167. The molecule has 0 saturated heterocycles. The summed E-state index contributed by atoms with van der Waals surface area (Å²) >= 11 is 0. The predicted octanol–water partition coefficient (Wildman–Crippen LogP) is 18.5. The van der Waals surface area contributed by atoms with Crippen LogP contribution in [0.15, 0.2) is 12.2 Å². The molecule has 0 aromatic rings. The highest BCUT2D eigenvalue weighted by molar-refractivity contribution is 7.45. The zero-order chi connectivity index (χ0) is 52.9. The molecule has 10 heteroatoms. The molecule has 0 bridgehead atoms. The fourth-order valence-electron chi connectivity index (χ4n) is 9.58. The maximum atomic E-state index is 13.5. The van der Waals surface area contributed by atoms with E-state index in [4.69, 9.17) is 13.8 Å². The zero-order valence-electron chi connectivity index (χ0n) is 48.9. The molecule has 72 heavy (non-hydrogen) atoms. The molecule has 0 aliphatic rings. The number of likely N-dealkylation sites (N-methyl/N-ethyl adjacent to an activating group) is 1. The van der Waals surface area contributed by atoms with Crippen LogP contribution < -0.4 is 10.2 Å². The number of allylic oxidation sites excluding steroid dienone is 1. The molecule has 0 heterocycles. The predicted molar refractivity (Wildman–Crippen MR) is 307 cm³/mol. The number of hydrogen-bond acceptors (Lipinski definition) is 7. The Morgan fingerprint density at radius 2 is 0.792 bits per heavy atom. The lowest BCUT2D eigenvalue weighted by atomic mass is 10.0. The van der Waals surface area contributed by atoms with Gasteiger partial charge >= 0.3 is 5.97 Å². The Morgan fingerprint density at radius 3 is 1.14 bits per heavy atom. The van der Waals surface area contributed by atoms with Gasteiger partial charge in [0.05, 0.1) is 33.8 Å². The maximum absolute atomic E-state index is 13.5.